The summed E-state index contributed by atoms with van der Waals surface area (Å²) in [5.41, 5.74) is 2.80. The van der Waals surface area contributed by atoms with Crippen molar-refractivity contribution < 1.29 is 9.53 Å². The monoisotopic (exact) mass is 402 g/mol. The third-order valence-corrected chi connectivity index (χ3v) is 4.38. The number of rotatable bonds is 8. The Morgan fingerprint density at radius 1 is 0.933 bits per heavy atom. The molecule has 0 aliphatic carbocycles. The molecule has 0 bridgehead atoms. The number of carbonyl (C=O) groups is 1. The molecule has 0 radical (unpaired) electrons. The number of ether oxygens (including phenoxy) is 1. The highest BCUT2D eigenvalue weighted by Gasteiger charge is 2.03. The summed E-state index contributed by atoms with van der Waals surface area (Å²) in [6, 6.07) is 21.7. The lowest BCUT2D eigenvalue weighted by molar-refractivity contribution is 0.240. The second-order valence-electron chi connectivity index (χ2n) is 6.61. The van der Waals surface area contributed by atoms with Crippen LogP contribution in [0.4, 0.5) is 4.79 Å². The van der Waals surface area contributed by atoms with Crippen LogP contribution in [0.1, 0.15) is 16.7 Å². The summed E-state index contributed by atoms with van der Waals surface area (Å²) in [6.07, 6.45) is 1.76. The first-order valence-electron chi connectivity index (χ1n) is 9.48. The molecule has 3 aromatic rings. The number of hydrogen-bond acceptors (Lipinski definition) is 4. The molecule has 0 aliphatic heterocycles. The number of carbonyl (C=O) groups excluding carboxylic acids is 1. The van der Waals surface area contributed by atoms with Crippen molar-refractivity contribution >= 4 is 6.03 Å². The fraction of sp³-hybridized carbons (Fsp3) is 0.174. The van der Waals surface area contributed by atoms with Crippen LogP contribution in [-0.4, -0.2) is 17.2 Å². The van der Waals surface area contributed by atoms with Crippen molar-refractivity contribution in [3.8, 4) is 11.8 Å². The fourth-order valence-corrected chi connectivity index (χ4v) is 2.84. The maximum absolute atomic E-state index is 12.1. The van der Waals surface area contributed by atoms with Gasteiger partial charge < -0.3 is 19.9 Å². The SMILES string of the molecule is N#CCOc1cccc(CNC(=O)NCc2ccc(Cn3ccccc3=O)cc2)c1. The number of nitriles is 1. The highest BCUT2D eigenvalue weighted by molar-refractivity contribution is 5.73. The van der Waals surface area contributed by atoms with Gasteiger partial charge >= 0.3 is 6.03 Å². The van der Waals surface area contributed by atoms with E-state index in [-0.39, 0.29) is 18.2 Å². The van der Waals surface area contributed by atoms with Gasteiger partial charge in [0.2, 0.25) is 0 Å². The zero-order valence-corrected chi connectivity index (χ0v) is 16.4. The van der Waals surface area contributed by atoms with E-state index in [1.807, 2.05) is 48.5 Å². The van der Waals surface area contributed by atoms with Gasteiger partial charge in [-0.25, -0.2) is 4.79 Å². The van der Waals surface area contributed by atoms with Crippen LogP contribution in [0.3, 0.4) is 0 Å². The Morgan fingerprint density at radius 2 is 1.67 bits per heavy atom. The molecule has 0 atom stereocenters. The molecule has 3 rings (SSSR count). The van der Waals surface area contributed by atoms with Crippen LogP contribution < -0.4 is 20.9 Å². The number of amides is 2. The molecule has 0 saturated carbocycles. The van der Waals surface area contributed by atoms with Crippen LogP contribution in [0, 0.1) is 11.3 Å². The second kappa shape index (κ2) is 10.5. The van der Waals surface area contributed by atoms with Gasteiger partial charge in [0.25, 0.3) is 5.56 Å². The molecule has 0 saturated heterocycles. The van der Waals surface area contributed by atoms with Crippen molar-refractivity contribution in [3.63, 3.8) is 0 Å². The number of urea groups is 1. The highest BCUT2D eigenvalue weighted by atomic mass is 16.5. The minimum absolute atomic E-state index is 0.0156. The molecule has 0 unspecified atom stereocenters. The standard InChI is InChI=1S/C23H22N4O3/c24-11-13-30-21-5-3-4-20(14-21)16-26-23(29)25-15-18-7-9-19(10-8-18)17-27-12-2-1-6-22(27)28/h1-10,12,14H,13,15-17H2,(H2,25,26,29). The molecule has 0 spiro atoms. The third kappa shape index (κ3) is 6.24. The van der Waals surface area contributed by atoms with Gasteiger partial charge in [-0.2, -0.15) is 5.26 Å². The zero-order chi connectivity index (χ0) is 21.2. The number of pyridine rings is 1. The van der Waals surface area contributed by atoms with Gasteiger partial charge in [-0.15, -0.1) is 0 Å². The number of hydrogen-bond donors (Lipinski definition) is 2. The maximum Gasteiger partial charge on any atom is 0.315 e. The lowest BCUT2D eigenvalue weighted by Gasteiger charge is -2.10. The van der Waals surface area contributed by atoms with E-state index in [9.17, 15) is 9.59 Å². The summed E-state index contributed by atoms with van der Waals surface area (Å²) in [6.45, 7) is 1.23. The Labute approximate surface area is 174 Å². The van der Waals surface area contributed by atoms with Gasteiger partial charge in [-0.3, -0.25) is 4.79 Å². The van der Waals surface area contributed by atoms with Gasteiger partial charge in [0.1, 0.15) is 11.8 Å². The molecule has 2 amide bonds. The average molecular weight is 402 g/mol. The van der Waals surface area contributed by atoms with E-state index in [2.05, 4.69) is 10.6 Å². The Bertz CT molecular complexity index is 1080. The Kier molecular flexibility index (Phi) is 7.23. The number of aromatic nitrogens is 1. The molecule has 0 fully saturated rings. The normalized spacial score (nSPS) is 10.1. The van der Waals surface area contributed by atoms with E-state index in [1.54, 1.807) is 29.0 Å². The van der Waals surface area contributed by atoms with Crippen LogP contribution in [0.2, 0.25) is 0 Å². The Balaban J connectivity index is 1.45. The van der Waals surface area contributed by atoms with Crippen molar-refractivity contribution in [1.82, 2.24) is 15.2 Å². The molecule has 2 aromatic carbocycles. The van der Waals surface area contributed by atoms with E-state index >= 15 is 0 Å². The molecule has 2 N–H and O–H groups in total. The maximum atomic E-state index is 12.1. The highest BCUT2D eigenvalue weighted by Crippen LogP contribution is 2.13. The van der Waals surface area contributed by atoms with E-state index < -0.39 is 0 Å². The van der Waals surface area contributed by atoms with Crippen molar-refractivity contribution in [2.24, 2.45) is 0 Å². The first kappa shape index (κ1) is 20.7. The molecular formula is C23H22N4O3. The molecule has 30 heavy (non-hydrogen) atoms. The largest absolute Gasteiger partial charge is 0.479 e. The number of nitrogens with one attached hydrogen (secondary N) is 2. The summed E-state index contributed by atoms with van der Waals surface area (Å²) < 4.78 is 6.89. The molecular weight excluding hydrogens is 380 g/mol. The van der Waals surface area contributed by atoms with Gasteiger partial charge in [0, 0.05) is 25.4 Å². The molecule has 1 heterocycles. The molecule has 152 valence electrons. The van der Waals surface area contributed by atoms with Crippen LogP contribution >= 0.6 is 0 Å². The van der Waals surface area contributed by atoms with Crippen molar-refractivity contribution in [2.45, 2.75) is 19.6 Å². The van der Waals surface area contributed by atoms with Crippen LogP contribution in [0.15, 0.2) is 77.7 Å². The van der Waals surface area contributed by atoms with Gasteiger partial charge in [0.15, 0.2) is 6.61 Å². The summed E-state index contributed by atoms with van der Waals surface area (Å²) in [7, 11) is 0. The minimum Gasteiger partial charge on any atom is -0.479 e. The fourth-order valence-electron chi connectivity index (χ4n) is 2.84. The zero-order valence-electron chi connectivity index (χ0n) is 16.4. The average Bonchev–Trinajstić information content (AvgIpc) is 2.77. The van der Waals surface area contributed by atoms with Crippen molar-refractivity contribution in [2.75, 3.05) is 6.61 Å². The quantitative estimate of drug-likeness (QED) is 0.606. The molecule has 1 aromatic heterocycles. The minimum atomic E-state index is -0.279. The van der Waals surface area contributed by atoms with Gasteiger partial charge in [-0.1, -0.05) is 42.5 Å². The van der Waals surface area contributed by atoms with Crippen LogP contribution in [0.5, 0.6) is 5.75 Å². The number of nitrogens with zero attached hydrogens (tertiary/aromatic N) is 2. The summed E-state index contributed by atoms with van der Waals surface area (Å²) in [5.74, 6) is 0.592. The first-order valence-corrected chi connectivity index (χ1v) is 9.48. The Hall–Kier alpha value is -4.05. The van der Waals surface area contributed by atoms with E-state index in [0.29, 0.717) is 25.4 Å². The molecule has 0 aliphatic rings. The predicted octanol–water partition coefficient (Wildman–Crippen LogP) is 2.80. The predicted molar refractivity (Wildman–Crippen MR) is 113 cm³/mol. The third-order valence-electron chi connectivity index (χ3n) is 4.38. The van der Waals surface area contributed by atoms with E-state index in [4.69, 9.17) is 10.00 Å². The van der Waals surface area contributed by atoms with E-state index in [0.717, 1.165) is 16.7 Å². The summed E-state index contributed by atoms with van der Waals surface area (Å²) in [5, 5.41) is 14.2. The summed E-state index contributed by atoms with van der Waals surface area (Å²) >= 11 is 0. The topological polar surface area (TPSA) is 96.1 Å². The van der Waals surface area contributed by atoms with Crippen LogP contribution in [-0.2, 0) is 19.6 Å². The van der Waals surface area contributed by atoms with E-state index in [1.165, 1.54) is 6.07 Å². The molecule has 7 nitrogen and oxygen atoms in total. The van der Waals surface area contributed by atoms with Gasteiger partial charge in [0.05, 0.1) is 6.54 Å². The first-order chi connectivity index (χ1) is 14.6. The number of benzene rings is 2. The second-order valence-corrected chi connectivity index (χ2v) is 6.61. The Morgan fingerprint density at radius 3 is 2.40 bits per heavy atom. The molecule has 7 heteroatoms. The smallest absolute Gasteiger partial charge is 0.315 e. The summed E-state index contributed by atoms with van der Waals surface area (Å²) in [4.78, 5) is 23.8. The van der Waals surface area contributed by atoms with Crippen LogP contribution in [0.25, 0.3) is 0 Å². The van der Waals surface area contributed by atoms with Crippen molar-refractivity contribution in [3.05, 3.63) is 100.0 Å². The van der Waals surface area contributed by atoms with Crippen molar-refractivity contribution in [1.29, 1.82) is 5.26 Å². The lowest BCUT2D eigenvalue weighted by Crippen LogP contribution is -2.34. The lowest BCUT2D eigenvalue weighted by atomic mass is 10.1. The van der Waals surface area contributed by atoms with Gasteiger partial charge in [-0.05, 0) is 34.9 Å².